The molecule has 5 rings (SSSR count). The van der Waals surface area contributed by atoms with Crippen LogP contribution >= 0.6 is 0 Å². The molecule has 7 heteroatoms. The van der Waals surface area contributed by atoms with Crippen LogP contribution in [-0.4, -0.2) is 29.1 Å². The van der Waals surface area contributed by atoms with Gasteiger partial charge in [-0.05, 0) is 123 Å². The van der Waals surface area contributed by atoms with Gasteiger partial charge in [0.1, 0.15) is 6.10 Å². The maximum Gasteiger partial charge on any atom is 1.00 e. The zero-order valence-electron chi connectivity index (χ0n) is 27.6. The molecule has 1 N–H and O–H groups in total. The van der Waals surface area contributed by atoms with Crippen LogP contribution in [0, 0.1) is 50.2 Å². The monoisotopic (exact) mass is 608 g/mol. The van der Waals surface area contributed by atoms with Crippen molar-refractivity contribution < 1.29 is 80.7 Å². The molecule has 0 heterocycles. The quantitative estimate of drug-likeness (QED) is 0.280. The number of aliphatic carboxylic acids is 2. The van der Waals surface area contributed by atoms with Gasteiger partial charge in [-0.25, -0.2) is 0 Å². The van der Waals surface area contributed by atoms with Crippen molar-refractivity contribution >= 4 is 17.9 Å². The molecule has 4 fully saturated rings. The van der Waals surface area contributed by atoms with Crippen molar-refractivity contribution in [1.29, 1.82) is 0 Å². The van der Waals surface area contributed by atoms with Crippen molar-refractivity contribution in [3.05, 3.63) is 11.6 Å². The number of carbonyl (C=O) groups excluding carboxylic acids is 2. The summed E-state index contributed by atoms with van der Waals surface area (Å²) in [7, 11) is 0. The van der Waals surface area contributed by atoms with E-state index in [1.807, 2.05) is 6.92 Å². The maximum absolute atomic E-state index is 12.6. The molecule has 0 aromatic rings. The molecule has 0 bridgehead atoms. The Balaban J connectivity index is 0.00000405. The number of esters is 1. The Labute approximate surface area is 296 Å². The van der Waals surface area contributed by atoms with Gasteiger partial charge in [-0.3, -0.25) is 9.59 Å². The fraction of sp³-hybridized carbons (Fsp3) is 0.857. The smallest absolute Gasteiger partial charge is 0.550 e. The van der Waals surface area contributed by atoms with Gasteiger partial charge in [0.05, 0.1) is 5.41 Å². The number of hydrogen-bond acceptors (Lipinski definition) is 5. The van der Waals surface area contributed by atoms with Gasteiger partial charge in [-0.1, -0.05) is 53.2 Å². The number of carbonyl (C=O) groups is 3. The zero-order chi connectivity index (χ0) is 30.2. The second kappa shape index (κ2) is 11.5. The van der Waals surface area contributed by atoms with Gasteiger partial charge in [0.15, 0.2) is 0 Å². The Morgan fingerprint density at radius 1 is 0.905 bits per heavy atom. The van der Waals surface area contributed by atoms with E-state index in [1.54, 1.807) is 5.57 Å². The van der Waals surface area contributed by atoms with Gasteiger partial charge >= 0.3 is 63.3 Å². The van der Waals surface area contributed by atoms with Crippen molar-refractivity contribution in [2.75, 3.05) is 0 Å². The SMILES string of the molecule is CC1(C)C(OC(=O)CCCC(=O)[O-])CC[C@]2(C)[C@H]3CC=C4[C@@H]5C[C@@](C)(C(=O)O)CC[C@]5(C)CC[C@@]4(C)[C@]3(C)CC[C@@H]12.[K+]. The average Bonchev–Trinajstić information content (AvgIpc) is 2.87. The van der Waals surface area contributed by atoms with Crippen LogP contribution in [0.2, 0.25) is 0 Å². The molecule has 4 saturated carbocycles. The number of rotatable bonds is 6. The van der Waals surface area contributed by atoms with E-state index in [4.69, 9.17) is 4.74 Å². The first-order chi connectivity index (χ1) is 18.9. The average molecular weight is 609 g/mol. The van der Waals surface area contributed by atoms with Crippen LogP contribution in [0.25, 0.3) is 0 Å². The van der Waals surface area contributed by atoms with E-state index in [9.17, 15) is 24.6 Å². The first kappa shape index (κ1) is 34.7. The molecule has 9 atom stereocenters. The Kier molecular flexibility index (Phi) is 9.52. The number of hydrogen-bond donors (Lipinski definition) is 1. The molecule has 0 spiro atoms. The normalized spacial score (nSPS) is 45.5. The fourth-order valence-corrected chi connectivity index (χ4v) is 11.3. The Morgan fingerprint density at radius 3 is 2.21 bits per heavy atom. The molecule has 1 unspecified atom stereocenters. The van der Waals surface area contributed by atoms with Crippen LogP contribution < -0.4 is 56.5 Å². The second-order valence-electron chi connectivity index (χ2n) is 16.6. The summed E-state index contributed by atoms with van der Waals surface area (Å²) in [5.41, 5.74) is 1.29. The van der Waals surface area contributed by atoms with Gasteiger partial charge in [0.2, 0.25) is 0 Å². The molecular weight excluding hydrogens is 555 g/mol. The predicted octanol–water partition coefficient (Wildman–Crippen LogP) is 3.71. The molecule has 5 aliphatic rings. The summed E-state index contributed by atoms with van der Waals surface area (Å²) < 4.78 is 6.05. The van der Waals surface area contributed by atoms with Crippen LogP contribution in [0.1, 0.15) is 132 Å². The summed E-state index contributed by atoms with van der Waals surface area (Å²) in [5.74, 6) is -0.767. The topological polar surface area (TPSA) is 104 Å². The molecule has 0 radical (unpaired) electrons. The summed E-state index contributed by atoms with van der Waals surface area (Å²) in [6.07, 6.45) is 12.7. The zero-order valence-corrected chi connectivity index (χ0v) is 30.7. The summed E-state index contributed by atoms with van der Waals surface area (Å²) in [6.45, 7) is 16.5. The third kappa shape index (κ3) is 5.25. The van der Waals surface area contributed by atoms with Gasteiger partial charge < -0.3 is 19.7 Å². The van der Waals surface area contributed by atoms with Gasteiger partial charge in [-0.2, -0.15) is 0 Å². The van der Waals surface area contributed by atoms with E-state index in [-0.39, 0.29) is 110 Å². The number of allylic oxidation sites excluding steroid dienone is 2. The minimum absolute atomic E-state index is 0. The second-order valence-corrected chi connectivity index (χ2v) is 16.6. The van der Waals surface area contributed by atoms with Crippen molar-refractivity contribution in [3.8, 4) is 0 Å². The predicted molar refractivity (Wildman–Crippen MR) is 155 cm³/mol. The number of ether oxygens (including phenoxy) is 1. The first-order valence-electron chi connectivity index (χ1n) is 16.3. The third-order valence-corrected chi connectivity index (χ3v) is 14.3. The molecule has 0 aromatic heterocycles. The largest absolute Gasteiger partial charge is 1.00 e. The van der Waals surface area contributed by atoms with E-state index >= 15 is 0 Å². The summed E-state index contributed by atoms with van der Waals surface area (Å²) in [6, 6.07) is 0. The van der Waals surface area contributed by atoms with Gasteiger partial charge in [0, 0.05) is 17.8 Å². The third-order valence-electron chi connectivity index (χ3n) is 14.3. The van der Waals surface area contributed by atoms with Crippen LogP contribution in [0.3, 0.4) is 0 Å². The number of fused-ring (bicyclic) bond motifs is 7. The minimum atomic E-state index is -1.13. The summed E-state index contributed by atoms with van der Waals surface area (Å²) in [4.78, 5) is 35.8. The molecular formula is C35H53KO6. The molecule has 0 aromatic carbocycles. The van der Waals surface area contributed by atoms with Crippen molar-refractivity contribution in [3.63, 3.8) is 0 Å². The standard InChI is InChI=1S/C35H54O6.K/c1-30(2)24-13-16-35(7)25(33(24,5)15-14-26(30)41-28(38)10-8-9-27(36)37)12-11-22-23-21-32(4,29(39)40)18-17-31(23,3)19-20-34(22,35)6;/h11,23-26H,8-10,12-21H2,1-7H3,(H,36,37)(H,39,40);/q;+1/p-1/t23-,24-,25+,26?,31+,32-,33-,34+,35+;/m0./s1. The van der Waals surface area contributed by atoms with Crippen LogP contribution in [0.5, 0.6) is 0 Å². The van der Waals surface area contributed by atoms with Crippen molar-refractivity contribution in [2.45, 2.75) is 138 Å². The van der Waals surface area contributed by atoms with Gasteiger partial charge in [0.25, 0.3) is 0 Å². The van der Waals surface area contributed by atoms with Crippen LogP contribution in [-0.2, 0) is 19.1 Å². The Hall–Kier alpha value is -0.214. The summed E-state index contributed by atoms with van der Waals surface area (Å²) >= 11 is 0. The van der Waals surface area contributed by atoms with E-state index in [0.717, 1.165) is 51.4 Å². The number of carboxylic acid groups (broad SMARTS) is 2. The minimum Gasteiger partial charge on any atom is -0.550 e. The Bertz CT molecular complexity index is 1150. The number of carboxylic acids is 2. The molecule has 0 saturated heterocycles. The molecule has 5 aliphatic carbocycles. The van der Waals surface area contributed by atoms with E-state index < -0.39 is 17.4 Å². The van der Waals surface area contributed by atoms with Gasteiger partial charge in [-0.15, -0.1) is 0 Å². The van der Waals surface area contributed by atoms with Crippen molar-refractivity contribution in [1.82, 2.24) is 0 Å². The fourth-order valence-electron chi connectivity index (χ4n) is 11.3. The molecule has 42 heavy (non-hydrogen) atoms. The van der Waals surface area contributed by atoms with Crippen molar-refractivity contribution in [2.24, 2.45) is 50.2 Å². The molecule has 0 aliphatic heterocycles. The molecule has 0 amide bonds. The first-order valence-corrected chi connectivity index (χ1v) is 16.3. The maximum atomic E-state index is 12.6. The van der Waals surface area contributed by atoms with Crippen LogP contribution in [0.4, 0.5) is 0 Å². The Morgan fingerprint density at radius 2 is 1.57 bits per heavy atom. The van der Waals surface area contributed by atoms with E-state index in [1.165, 1.54) is 12.8 Å². The van der Waals surface area contributed by atoms with E-state index in [0.29, 0.717) is 17.8 Å². The van der Waals surface area contributed by atoms with E-state index in [2.05, 4.69) is 47.6 Å². The summed E-state index contributed by atoms with van der Waals surface area (Å²) in [5, 5.41) is 20.9. The molecule has 6 nitrogen and oxygen atoms in total. The van der Waals surface area contributed by atoms with Crippen LogP contribution in [0.15, 0.2) is 11.6 Å². The molecule has 230 valence electrons.